The number of hydrogen-bond acceptors (Lipinski definition) is 1. The second-order valence-corrected chi connectivity index (χ2v) is 5.38. The Bertz CT molecular complexity index is 250. The molecule has 0 saturated heterocycles. The van der Waals surface area contributed by atoms with Gasteiger partial charge in [-0.1, -0.05) is 20.8 Å². The number of aryl methyl sites for hydroxylation is 2. The average Bonchev–Trinajstić information content (AvgIpc) is 2.08. The molecule has 0 bridgehead atoms. The van der Waals surface area contributed by atoms with Crippen molar-refractivity contribution in [3.63, 3.8) is 0 Å². The molecule has 0 aliphatic carbocycles. The molecule has 0 amide bonds. The fraction of sp³-hybridized carbons (Fsp3) is 0.600. The highest BCUT2D eigenvalue weighted by Gasteiger charge is 2.18. The summed E-state index contributed by atoms with van der Waals surface area (Å²) in [5, 5.41) is 0. The largest absolute Gasteiger partial charge is 0.145 e. The molecule has 0 aliphatic heterocycles. The molecule has 62 valence electrons. The Kier molecular flexibility index (Phi) is 2.10. The van der Waals surface area contributed by atoms with E-state index in [0.717, 1.165) is 0 Å². The smallest absolute Gasteiger partial charge is 0.0131 e. The molecule has 1 rings (SSSR count). The molecule has 0 aliphatic rings. The van der Waals surface area contributed by atoms with Gasteiger partial charge >= 0.3 is 0 Å². The lowest BCUT2D eigenvalue weighted by atomic mass is 9.92. The molecular weight excluding hydrogens is 152 g/mol. The molecule has 0 radical (unpaired) electrons. The summed E-state index contributed by atoms with van der Waals surface area (Å²) in [5.41, 5.74) is 1.77. The van der Waals surface area contributed by atoms with E-state index in [9.17, 15) is 0 Å². The summed E-state index contributed by atoms with van der Waals surface area (Å²) in [4.78, 5) is 2.95. The van der Waals surface area contributed by atoms with Crippen molar-refractivity contribution in [2.45, 2.75) is 40.0 Å². The zero-order valence-electron chi connectivity index (χ0n) is 7.99. The molecule has 11 heavy (non-hydrogen) atoms. The van der Waals surface area contributed by atoms with Crippen LogP contribution in [-0.4, -0.2) is 0 Å². The fourth-order valence-corrected chi connectivity index (χ4v) is 2.47. The molecular formula is C10H16S. The van der Waals surface area contributed by atoms with Crippen LogP contribution in [0.4, 0.5) is 0 Å². The van der Waals surface area contributed by atoms with Crippen LogP contribution in [0.25, 0.3) is 0 Å². The van der Waals surface area contributed by atoms with Crippen LogP contribution >= 0.6 is 11.3 Å². The molecule has 0 atom stereocenters. The van der Waals surface area contributed by atoms with E-state index < -0.39 is 0 Å². The predicted octanol–water partition coefficient (Wildman–Crippen LogP) is 3.66. The van der Waals surface area contributed by atoms with Crippen LogP contribution in [0, 0.1) is 13.8 Å². The van der Waals surface area contributed by atoms with Gasteiger partial charge in [-0.15, -0.1) is 11.3 Å². The van der Waals surface area contributed by atoms with E-state index in [-0.39, 0.29) is 0 Å². The van der Waals surface area contributed by atoms with E-state index in [0.29, 0.717) is 5.41 Å². The molecule has 0 nitrogen and oxygen atoms in total. The van der Waals surface area contributed by atoms with Gasteiger partial charge < -0.3 is 0 Å². The Morgan fingerprint density at radius 1 is 1.18 bits per heavy atom. The number of hydrogen-bond donors (Lipinski definition) is 0. The maximum Gasteiger partial charge on any atom is 0.0131 e. The lowest BCUT2D eigenvalue weighted by Crippen LogP contribution is -2.09. The second-order valence-electron chi connectivity index (χ2n) is 4.12. The lowest BCUT2D eigenvalue weighted by molar-refractivity contribution is 0.600. The average molecular weight is 168 g/mol. The van der Waals surface area contributed by atoms with E-state index in [4.69, 9.17) is 0 Å². The first-order valence-electron chi connectivity index (χ1n) is 3.99. The van der Waals surface area contributed by atoms with Gasteiger partial charge in [0, 0.05) is 9.75 Å². The normalized spacial score (nSPS) is 12.1. The van der Waals surface area contributed by atoms with Crippen molar-refractivity contribution in [1.29, 1.82) is 0 Å². The zero-order chi connectivity index (χ0) is 8.65. The first-order chi connectivity index (χ1) is 4.91. The van der Waals surface area contributed by atoms with Crippen molar-refractivity contribution in [3.8, 4) is 0 Å². The Morgan fingerprint density at radius 3 is 1.91 bits per heavy atom. The highest BCUT2D eigenvalue weighted by molar-refractivity contribution is 7.12. The highest BCUT2D eigenvalue weighted by Crippen LogP contribution is 2.32. The molecule has 0 fully saturated rings. The van der Waals surface area contributed by atoms with Crippen molar-refractivity contribution in [2.24, 2.45) is 0 Å². The third-order valence-electron chi connectivity index (χ3n) is 1.72. The van der Waals surface area contributed by atoms with Crippen molar-refractivity contribution in [1.82, 2.24) is 0 Å². The Labute approximate surface area is 73.3 Å². The standard InChI is InChI=1S/C10H16S/c1-7-6-8(2)11-9(7)10(3,4)5/h6H,1-5H3. The van der Waals surface area contributed by atoms with Gasteiger partial charge in [0.2, 0.25) is 0 Å². The molecule has 1 heterocycles. The van der Waals surface area contributed by atoms with E-state index in [1.807, 2.05) is 11.3 Å². The van der Waals surface area contributed by atoms with Crippen LogP contribution in [0.15, 0.2) is 6.07 Å². The van der Waals surface area contributed by atoms with E-state index in [1.54, 1.807) is 0 Å². The minimum Gasteiger partial charge on any atom is -0.145 e. The van der Waals surface area contributed by atoms with E-state index in [2.05, 4.69) is 40.7 Å². The Balaban J connectivity index is 3.13. The van der Waals surface area contributed by atoms with E-state index in [1.165, 1.54) is 15.3 Å². The molecule has 0 saturated carbocycles. The lowest BCUT2D eigenvalue weighted by Gasteiger charge is -2.17. The summed E-state index contributed by atoms with van der Waals surface area (Å²) in [6, 6.07) is 2.27. The highest BCUT2D eigenvalue weighted by atomic mass is 32.1. The van der Waals surface area contributed by atoms with Gasteiger partial charge in [0.05, 0.1) is 0 Å². The number of rotatable bonds is 0. The summed E-state index contributed by atoms with van der Waals surface area (Å²) in [6.45, 7) is 11.2. The minimum atomic E-state index is 0.322. The maximum atomic E-state index is 2.27. The molecule has 0 unspecified atom stereocenters. The SMILES string of the molecule is Cc1cc(C)c(C(C)(C)C)s1. The summed E-state index contributed by atoms with van der Waals surface area (Å²) in [6.07, 6.45) is 0. The van der Waals surface area contributed by atoms with Crippen LogP contribution in [0.5, 0.6) is 0 Å². The third-order valence-corrected chi connectivity index (χ3v) is 3.30. The molecule has 0 N–H and O–H groups in total. The van der Waals surface area contributed by atoms with Crippen LogP contribution in [0.1, 0.15) is 36.1 Å². The van der Waals surface area contributed by atoms with Crippen LogP contribution in [0.2, 0.25) is 0 Å². The monoisotopic (exact) mass is 168 g/mol. The quantitative estimate of drug-likeness (QED) is 0.554. The molecule has 1 heteroatoms. The van der Waals surface area contributed by atoms with Gasteiger partial charge in [-0.05, 0) is 30.9 Å². The van der Waals surface area contributed by atoms with Crippen molar-refractivity contribution in [2.75, 3.05) is 0 Å². The van der Waals surface area contributed by atoms with E-state index >= 15 is 0 Å². The maximum absolute atomic E-state index is 2.27. The second kappa shape index (κ2) is 2.63. The van der Waals surface area contributed by atoms with Gasteiger partial charge in [-0.25, -0.2) is 0 Å². The van der Waals surface area contributed by atoms with Crippen molar-refractivity contribution < 1.29 is 0 Å². The van der Waals surface area contributed by atoms with Crippen molar-refractivity contribution >= 4 is 11.3 Å². The third kappa shape index (κ3) is 1.84. The van der Waals surface area contributed by atoms with Crippen LogP contribution in [0.3, 0.4) is 0 Å². The minimum absolute atomic E-state index is 0.322. The van der Waals surface area contributed by atoms with Crippen LogP contribution in [-0.2, 0) is 5.41 Å². The van der Waals surface area contributed by atoms with Gasteiger partial charge in [0.15, 0.2) is 0 Å². The Hall–Kier alpha value is -0.300. The van der Waals surface area contributed by atoms with Gasteiger partial charge in [0.25, 0.3) is 0 Å². The van der Waals surface area contributed by atoms with Gasteiger partial charge in [-0.3, -0.25) is 0 Å². The van der Waals surface area contributed by atoms with Gasteiger partial charge in [0.1, 0.15) is 0 Å². The molecule has 1 aromatic rings. The summed E-state index contributed by atoms with van der Waals surface area (Å²) in [5.74, 6) is 0. The predicted molar refractivity (Wildman–Crippen MR) is 52.5 cm³/mol. The molecule has 0 spiro atoms. The number of thiophene rings is 1. The summed E-state index contributed by atoms with van der Waals surface area (Å²) in [7, 11) is 0. The first kappa shape index (κ1) is 8.79. The fourth-order valence-electron chi connectivity index (χ4n) is 1.39. The molecule has 1 aromatic heterocycles. The summed E-state index contributed by atoms with van der Waals surface area (Å²) >= 11 is 1.92. The Morgan fingerprint density at radius 2 is 1.73 bits per heavy atom. The molecule has 0 aromatic carbocycles. The van der Waals surface area contributed by atoms with Crippen LogP contribution < -0.4 is 0 Å². The van der Waals surface area contributed by atoms with Gasteiger partial charge in [-0.2, -0.15) is 0 Å². The first-order valence-corrected chi connectivity index (χ1v) is 4.80. The van der Waals surface area contributed by atoms with Crippen molar-refractivity contribution in [3.05, 3.63) is 21.4 Å². The topological polar surface area (TPSA) is 0 Å². The summed E-state index contributed by atoms with van der Waals surface area (Å²) < 4.78 is 0. The zero-order valence-corrected chi connectivity index (χ0v) is 8.80.